The minimum atomic E-state index is -4.01. The van der Waals surface area contributed by atoms with Gasteiger partial charge in [-0.15, -0.1) is 0 Å². The molecule has 39 heavy (non-hydrogen) atoms. The van der Waals surface area contributed by atoms with Crippen molar-refractivity contribution in [3.05, 3.63) is 86.7 Å². The highest BCUT2D eigenvalue weighted by molar-refractivity contribution is 7.89. The molecule has 3 aromatic carbocycles. The van der Waals surface area contributed by atoms with E-state index in [2.05, 4.69) is 4.98 Å². The van der Waals surface area contributed by atoms with Gasteiger partial charge in [0.25, 0.3) is 5.56 Å². The Morgan fingerprint density at radius 1 is 0.795 bits per heavy atom. The van der Waals surface area contributed by atoms with Crippen molar-refractivity contribution in [1.29, 1.82) is 0 Å². The maximum atomic E-state index is 14.2. The third-order valence-electron chi connectivity index (χ3n) is 6.93. The highest BCUT2D eigenvalue weighted by Crippen LogP contribution is 2.36. The molecule has 0 aliphatic carbocycles. The maximum Gasteiger partial charge on any atom is 0.252 e. The number of aromatic amines is 1. The largest absolute Gasteiger partial charge is 0.486 e. The quantitative estimate of drug-likeness (QED) is 0.382. The zero-order valence-electron chi connectivity index (χ0n) is 21.9. The fourth-order valence-electron chi connectivity index (χ4n) is 5.27. The van der Waals surface area contributed by atoms with E-state index in [1.165, 1.54) is 4.31 Å². The molecule has 0 saturated carbocycles. The molecule has 2 aliphatic heterocycles. The van der Waals surface area contributed by atoms with Gasteiger partial charge < -0.3 is 23.9 Å². The Hall–Kier alpha value is -4.02. The number of ether oxygens (including phenoxy) is 4. The van der Waals surface area contributed by atoms with Crippen molar-refractivity contribution in [3.8, 4) is 23.0 Å². The van der Waals surface area contributed by atoms with Crippen molar-refractivity contribution in [1.82, 2.24) is 9.29 Å². The summed E-state index contributed by atoms with van der Waals surface area (Å²) in [6.07, 6.45) is 0. The molecule has 202 valence electrons. The van der Waals surface area contributed by atoms with Crippen LogP contribution >= 0.6 is 0 Å². The Morgan fingerprint density at radius 3 is 2.21 bits per heavy atom. The smallest absolute Gasteiger partial charge is 0.252 e. The van der Waals surface area contributed by atoms with Gasteiger partial charge in [-0.2, -0.15) is 4.31 Å². The van der Waals surface area contributed by atoms with Crippen LogP contribution in [0, 0.1) is 20.8 Å². The van der Waals surface area contributed by atoms with E-state index in [1.54, 1.807) is 50.2 Å². The Morgan fingerprint density at radius 2 is 1.46 bits per heavy atom. The molecule has 0 spiro atoms. The highest BCUT2D eigenvalue weighted by atomic mass is 32.2. The third kappa shape index (κ3) is 4.70. The first-order valence-corrected chi connectivity index (χ1v) is 14.0. The fourth-order valence-corrected chi connectivity index (χ4v) is 7.08. The number of fused-ring (bicyclic) bond motifs is 3. The van der Waals surface area contributed by atoms with Crippen LogP contribution in [0.25, 0.3) is 10.9 Å². The zero-order chi connectivity index (χ0) is 27.3. The third-order valence-corrected chi connectivity index (χ3v) is 9.03. The topological polar surface area (TPSA) is 107 Å². The van der Waals surface area contributed by atoms with Gasteiger partial charge in [-0.05, 0) is 61.7 Å². The lowest BCUT2D eigenvalue weighted by atomic mass is 10.1. The van der Waals surface area contributed by atoms with Gasteiger partial charge in [0.1, 0.15) is 13.2 Å². The van der Waals surface area contributed by atoms with Gasteiger partial charge in [0.05, 0.1) is 10.4 Å². The highest BCUT2D eigenvalue weighted by Gasteiger charge is 2.30. The second-order valence-electron chi connectivity index (χ2n) is 9.90. The van der Waals surface area contributed by atoms with Crippen LogP contribution in [-0.2, 0) is 23.1 Å². The molecular formula is C29H28N2O7S. The Kier molecular flexibility index (Phi) is 6.23. The Labute approximate surface area is 225 Å². The standard InChI is InChI=1S/C29H28N2O7S/c1-17-8-18(2)28(19(3)9-17)39(33,34)31(14-20-4-5-24-25(10-20)38-16-37-24)15-22-11-21-12-26-27(36-7-6-35-26)13-23(21)30-29(22)32/h4-5,8-13H,6-7,14-16H2,1-3H3,(H,30,32). The monoisotopic (exact) mass is 548 g/mol. The number of nitrogens with zero attached hydrogens (tertiary/aromatic N) is 1. The van der Waals surface area contributed by atoms with E-state index in [4.69, 9.17) is 18.9 Å². The molecule has 0 saturated heterocycles. The van der Waals surface area contributed by atoms with E-state index in [-0.39, 0.29) is 30.3 Å². The molecule has 0 fully saturated rings. The molecule has 1 aromatic heterocycles. The summed E-state index contributed by atoms with van der Waals surface area (Å²) < 4.78 is 52.0. The average Bonchev–Trinajstić information content (AvgIpc) is 3.35. The Bertz CT molecular complexity index is 1760. The van der Waals surface area contributed by atoms with Gasteiger partial charge in [0.15, 0.2) is 23.0 Å². The number of nitrogens with one attached hydrogen (secondary N) is 1. The minimum Gasteiger partial charge on any atom is -0.486 e. The number of hydrogen-bond donors (Lipinski definition) is 1. The van der Waals surface area contributed by atoms with Crippen LogP contribution < -0.4 is 24.5 Å². The molecule has 0 radical (unpaired) electrons. The van der Waals surface area contributed by atoms with E-state index in [9.17, 15) is 13.2 Å². The lowest BCUT2D eigenvalue weighted by Crippen LogP contribution is -2.33. The molecule has 3 heterocycles. The molecule has 0 bridgehead atoms. The molecular weight excluding hydrogens is 520 g/mol. The van der Waals surface area contributed by atoms with Crippen molar-refractivity contribution in [3.63, 3.8) is 0 Å². The molecule has 1 N–H and O–H groups in total. The van der Waals surface area contributed by atoms with E-state index >= 15 is 0 Å². The van der Waals surface area contributed by atoms with Gasteiger partial charge in [0, 0.05) is 30.1 Å². The summed E-state index contributed by atoms with van der Waals surface area (Å²) in [5, 5.41) is 0.719. The van der Waals surface area contributed by atoms with E-state index in [0.717, 1.165) is 10.9 Å². The average molecular weight is 549 g/mol. The molecule has 0 atom stereocenters. The van der Waals surface area contributed by atoms with Gasteiger partial charge in [0.2, 0.25) is 16.8 Å². The van der Waals surface area contributed by atoms with Crippen LogP contribution in [0.5, 0.6) is 23.0 Å². The van der Waals surface area contributed by atoms with Gasteiger partial charge in [-0.3, -0.25) is 4.79 Å². The Balaban J connectivity index is 1.44. The van der Waals surface area contributed by atoms with Crippen molar-refractivity contribution >= 4 is 20.9 Å². The van der Waals surface area contributed by atoms with E-state index in [0.29, 0.717) is 64.0 Å². The summed E-state index contributed by atoms with van der Waals surface area (Å²) in [5.74, 6) is 2.32. The summed E-state index contributed by atoms with van der Waals surface area (Å²) in [5.41, 5.74) is 3.52. The number of pyridine rings is 1. The summed E-state index contributed by atoms with van der Waals surface area (Å²) in [6.45, 7) is 6.40. The molecule has 10 heteroatoms. The first-order valence-electron chi connectivity index (χ1n) is 12.6. The second-order valence-corrected chi connectivity index (χ2v) is 11.8. The summed E-state index contributed by atoms with van der Waals surface area (Å²) in [7, 11) is -4.01. The van der Waals surface area contributed by atoms with Crippen LogP contribution in [0.3, 0.4) is 0 Å². The molecule has 0 unspecified atom stereocenters. The predicted molar refractivity (Wildman–Crippen MR) is 145 cm³/mol. The van der Waals surface area contributed by atoms with Crippen LogP contribution in [0.15, 0.2) is 58.2 Å². The summed E-state index contributed by atoms with van der Waals surface area (Å²) >= 11 is 0. The van der Waals surface area contributed by atoms with Crippen LogP contribution in [0.1, 0.15) is 27.8 Å². The van der Waals surface area contributed by atoms with Crippen molar-refractivity contribution in [2.75, 3.05) is 20.0 Å². The molecule has 9 nitrogen and oxygen atoms in total. The SMILES string of the molecule is Cc1cc(C)c(S(=O)(=O)N(Cc2ccc3c(c2)OCO3)Cc2cc3cc4c(cc3[nH]c2=O)OCCO4)c(C)c1. The summed E-state index contributed by atoms with van der Waals surface area (Å²) in [4.78, 5) is 16.3. The van der Waals surface area contributed by atoms with Crippen LogP contribution in [-0.4, -0.2) is 37.7 Å². The van der Waals surface area contributed by atoms with Gasteiger partial charge in [-0.1, -0.05) is 23.8 Å². The summed E-state index contributed by atoms with van der Waals surface area (Å²) in [6, 6.07) is 14.3. The molecule has 0 amide bonds. The lowest BCUT2D eigenvalue weighted by Gasteiger charge is -2.25. The minimum absolute atomic E-state index is 0.0321. The van der Waals surface area contributed by atoms with E-state index < -0.39 is 10.0 Å². The van der Waals surface area contributed by atoms with Crippen molar-refractivity contribution in [2.45, 2.75) is 38.8 Å². The number of rotatable bonds is 6. The lowest BCUT2D eigenvalue weighted by molar-refractivity contribution is 0.172. The number of hydrogen-bond acceptors (Lipinski definition) is 7. The van der Waals surface area contributed by atoms with Crippen molar-refractivity contribution < 1.29 is 27.4 Å². The predicted octanol–water partition coefficient (Wildman–Crippen LogP) is 4.34. The maximum absolute atomic E-state index is 14.2. The number of sulfonamides is 1. The number of aryl methyl sites for hydroxylation is 3. The number of aromatic nitrogens is 1. The molecule has 6 rings (SSSR count). The number of H-pyrrole nitrogens is 1. The van der Waals surface area contributed by atoms with Crippen molar-refractivity contribution in [2.24, 2.45) is 0 Å². The molecule has 2 aliphatic rings. The second kappa shape index (κ2) is 9.62. The first-order chi connectivity index (χ1) is 18.7. The molecule has 4 aromatic rings. The van der Waals surface area contributed by atoms with Crippen LogP contribution in [0.4, 0.5) is 0 Å². The number of benzene rings is 3. The van der Waals surface area contributed by atoms with Crippen LogP contribution in [0.2, 0.25) is 0 Å². The fraction of sp³-hybridized carbons (Fsp3) is 0.276. The first kappa shape index (κ1) is 25.3. The zero-order valence-corrected chi connectivity index (χ0v) is 22.7. The van der Waals surface area contributed by atoms with Gasteiger partial charge in [-0.25, -0.2) is 8.42 Å². The normalized spacial score (nSPS) is 14.3. The van der Waals surface area contributed by atoms with Gasteiger partial charge >= 0.3 is 0 Å². The van der Waals surface area contributed by atoms with E-state index in [1.807, 2.05) is 19.1 Å².